The van der Waals surface area contributed by atoms with Crippen molar-refractivity contribution in [2.24, 2.45) is 5.41 Å². The van der Waals surface area contributed by atoms with E-state index in [1.54, 1.807) is 0 Å². The fourth-order valence-electron chi connectivity index (χ4n) is 2.86. The lowest BCUT2D eigenvalue weighted by Crippen LogP contribution is -2.40. The lowest BCUT2D eigenvalue weighted by Gasteiger charge is -2.41. The summed E-state index contributed by atoms with van der Waals surface area (Å²) in [5.41, 5.74) is 7.36. The molecule has 1 aliphatic heterocycles. The Bertz CT molecular complexity index is 406. The molecule has 2 heterocycles. The van der Waals surface area contributed by atoms with Gasteiger partial charge in [-0.3, -0.25) is 0 Å². The maximum Gasteiger partial charge on any atom is 0.151 e. The zero-order valence-electron chi connectivity index (χ0n) is 11.2. The highest BCUT2D eigenvalue weighted by molar-refractivity contribution is 9.10. The standard InChI is InChI=1S/C14H22BrN3/c1-3-14(4-2)5-7-18(8-6-14)13-12(16)9-11(15)10-17-13/h9-10H,3-8,16H2,1-2H3. The van der Waals surface area contributed by atoms with E-state index in [4.69, 9.17) is 5.73 Å². The number of hydrogen-bond acceptors (Lipinski definition) is 3. The summed E-state index contributed by atoms with van der Waals surface area (Å²) >= 11 is 3.40. The number of aromatic nitrogens is 1. The minimum atomic E-state index is 0.542. The van der Waals surface area contributed by atoms with Gasteiger partial charge in [0.25, 0.3) is 0 Å². The average molecular weight is 312 g/mol. The van der Waals surface area contributed by atoms with Gasteiger partial charge in [-0.2, -0.15) is 0 Å². The maximum atomic E-state index is 6.05. The van der Waals surface area contributed by atoms with E-state index in [0.29, 0.717) is 5.41 Å². The second kappa shape index (κ2) is 5.47. The Hall–Kier alpha value is -0.770. The first-order chi connectivity index (χ1) is 8.60. The van der Waals surface area contributed by atoms with Crippen LogP contribution >= 0.6 is 15.9 Å². The van der Waals surface area contributed by atoms with E-state index in [-0.39, 0.29) is 0 Å². The van der Waals surface area contributed by atoms with Crippen molar-refractivity contribution >= 4 is 27.4 Å². The second-order valence-corrected chi connectivity index (χ2v) is 6.18. The van der Waals surface area contributed by atoms with E-state index in [1.165, 1.54) is 25.7 Å². The van der Waals surface area contributed by atoms with E-state index in [0.717, 1.165) is 29.1 Å². The van der Waals surface area contributed by atoms with Crippen LogP contribution in [-0.2, 0) is 0 Å². The molecule has 1 aromatic rings. The average Bonchev–Trinajstić information content (AvgIpc) is 2.39. The molecule has 0 unspecified atom stereocenters. The van der Waals surface area contributed by atoms with Crippen molar-refractivity contribution in [3.63, 3.8) is 0 Å². The van der Waals surface area contributed by atoms with Crippen LogP contribution in [0.1, 0.15) is 39.5 Å². The van der Waals surface area contributed by atoms with E-state index < -0.39 is 0 Å². The fourth-order valence-corrected chi connectivity index (χ4v) is 3.21. The first kappa shape index (κ1) is 13.7. The van der Waals surface area contributed by atoms with Gasteiger partial charge in [-0.25, -0.2) is 4.98 Å². The van der Waals surface area contributed by atoms with Crippen molar-refractivity contribution in [2.75, 3.05) is 23.7 Å². The number of rotatable bonds is 3. The third kappa shape index (κ3) is 2.63. The number of nitrogens with zero attached hydrogens (tertiary/aromatic N) is 2. The molecular formula is C14H22BrN3. The molecule has 0 amide bonds. The van der Waals surface area contributed by atoms with Gasteiger partial charge in [-0.15, -0.1) is 0 Å². The molecule has 4 heteroatoms. The fraction of sp³-hybridized carbons (Fsp3) is 0.643. The molecular weight excluding hydrogens is 290 g/mol. The minimum absolute atomic E-state index is 0.542. The minimum Gasteiger partial charge on any atom is -0.396 e. The highest BCUT2D eigenvalue weighted by Crippen LogP contribution is 2.39. The Kier molecular flexibility index (Phi) is 4.15. The van der Waals surface area contributed by atoms with E-state index >= 15 is 0 Å². The Morgan fingerprint density at radius 3 is 2.44 bits per heavy atom. The Morgan fingerprint density at radius 2 is 1.94 bits per heavy atom. The Morgan fingerprint density at radius 1 is 1.33 bits per heavy atom. The summed E-state index contributed by atoms with van der Waals surface area (Å²) in [6.07, 6.45) is 6.88. The molecule has 0 spiro atoms. The molecule has 2 rings (SSSR count). The van der Waals surface area contributed by atoms with Crippen molar-refractivity contribution in [1.82, 2.24) is 4.98 Å². The van der Waals surface area contributed by atoms with Crippen molar-refractivity contribution < 1.29 is 0 Å². The molecule has 100 valence electrons. The van der Waals surface area contributed by atoms with Crippen LogP contribution in [-0.4, -0.2) is 18.1 Å². The summed E-state index contributed by atoms with van der Waals surface area (Å²) in [7, 11) is 0. The van der Waals surface area contributed by atoms with Crippen LogP contribution in [0.5, 0.6) is 0 Å². The molecule has 0 aliphatic carbocycles. The first-order valence-corrected chi connectivity index (χ1v) is 7.55. The second-order valence-electron chi connectivity index (χ2n) is 5.26. The highest BCUT2D eigenvalue weighted by atomic mass is 79.9. The topological polar surface area (TPSA) is 42.2 Å². The van der Waals surface area contributed by atoms with Gasteiger partial charge < -0.3 is 10.6 Å². The van der Waals surface area contributed by atoms with Crippen LogP contribution in [0.2, 0.25) is 0 Å². The molecule has 1 aromatic heterocycles. The third-order valence-corrected chi connectivity index (χ3v) is 4.92. The normalized spacial score (nSPS) is 18.9. The SMILES string of the molecule is CCC1(CC)CCN(c2ncc(Br)cc2N)CC1. The molecule has 0 aromatic carbocycles. The zero-order chi connectivity index (χ0) is 13.2. The van der Waals surface area contributed by atoms with Crippen molar-refractivity contribution in [3.8, 4) is 0 Å². The summed E-state index contributed by atoms with van der Waals surface area (Å²) in [5.74, 6) is 0.944. The molecule has 18 heavy (non-hydrogen) atoms. The first-order valence-electron chi connectivity index (χ1n) is 6.76. The monoisotopic (exact) mass is 311 g/mol. The van der Waals surface area contributed by atoms with E-state index in [9.17, 15) is 0 Å². The van der Waals surface area contributed by atoms with Gasteiger partial charge in [-0.05, 0) is 40.3 Å². The summed E-state index contributed by atoms with van der Waals surface area (Å²) < 4.78 is 0.942. The van der Waals surface area contributed by atoms with E-state index in [1.807, 2.05) is 12.3 Å². The predicted molar refractivity (Wildman–Crippen MR) is 80.8 cm³/mol. The smallest absolute Gasteiger partial charge is 0.151 e. The van der Waals surface area contributed by atoms with Crippen LogP contribution in [0.3, 0.4) is 0 Å². The van der Waals surface area contributed by atoms with Crippen molar-refractivity contribution in [3.05, 3.63) is 16.7 Å². The lowest BCUT2D eigenvalue weighted by atomic mass is 9.74. The van der Waals surface area contributed by atoms with E-state index in [2.05, 4.69) is 39.7 Å². The molecule has 2 N–H and O–H groups in total. The zero-order valence-corrected chi connectivity index (χ0v) is 12.8. The molecule has 0 atom stereocenters. The summed E-state index contributed by atoms with van der Waals surface area (Å²) in [6.45, 7) is 6.76. The highest BCUT2D eigenvalue weighted by Gasteiger charge is 2.32. The van der Waals surface area contributed by atoms with Gasteiger partial charge in [0.1, 0.15) is 0 Å². The van der Waals surface area contributed by atoms with Gasteiger partial charge in [0.15, 0.2) is 5.82 Å². The van der Waals surface area contributed by atoms with Crippen LogP contribution in [0.25, 0.3) is 0 Å². The van der Waals surface area contributed by atoms with Gasteiger partial charge in [0.05, 0.1) is 5.69 Å². The van der Waals surface area contributed by atoms with Crippen LogP contribution in [0.15, 0.2) is 16.7 Å². The molecule has 3 nitrogen and oxygen atoms in total. The van der Waals surface area contributed by atoms with Crippen molar-refractivity contribution in [1.29, 1.82) is 0 Å². The number of halogens is 1. The predicted octanol–water partition coefficient (Wildman–Crippen LogP) is 3.83. The molecule has 0 radical (unpaired) electrons. The quantitative estimate of drug-likeness (QED) is 0.922. The summed E-state index contributed by atoms with van der Waals surface area (Å²) in [6, 6.07) is 1.93. The number of piperidine rings is 1. The van der Waals surface area contributed by atoms with Gasteiger partial charge >= 0.3 is 0 Å². The summed E-state index contributed by atoms with van der Waals surface area (Å²) in [4.78, 5) is 6.78. The molecule has 1 aliphatic rings. The van der Waals surface area contributed by atoms with Gasteiger partial charge in [-0.1, -0.05) is 26.7 Å². The van der Waals surface area contributed by atoms with Crippen LogP contribution in [0, 0.1) is 5.41 Å². The molecule has 1 fully saturated rings. The number of hydrogen-bond donors (Lipinski definition) is 1. The van der Waals surface area contributed by atoms with Gasteiger partial charge in [0.2, 0.25) is 0 Å². The van der Waals surface area contributed by atoms with Crippen LogP contribution in [0.4, 0.5) is 11.5 Å². The van der Waals surface area contributed by atoms with Crippen molar-refractivity contribution in [2.45, 2.75) is 39.5 Å². The maximum absolute atomic E-state index is 6.05. The lowest BCUT2D eigenvalue weighted by molar-refractivity contribution is 0.199. The molecule has 1 saturated heterocycles. The molecule has 0 saturated carbocycles. The number of anilines is 2. The number of pyridine rings is 1. The Balaban J connectivity index is 2.10. The summed E-state index contributed by atoms with van der Waals surface area (Å²) in [5, 5.41) is 0. The molecule has 0 bridgehead atoms. The number of nitrogens with two attached hydrogens (primary N) is 1. The number of nitrogen functional groups attached to an aromatic ring is 1. The van der Waals surface area contributed by atoms with Gasteiger partial charge in [0, 0.05) is 23.8 Å². The Labute approximate surface area is 118 Å². The third-order valence-electron chi connectivity index (χ3n) is 4.49. The largest absolute Gasteiger partial charge is 0.396 e. The van der Waals surface area contributed by atoms with Crippen LogP contribution < -0.4 is 10.6 Å².